The predicted molar refractivity (Wildman–Crippen MR) is 96.5 cm³/mol. The van der Waals surface area contributed by atoms with E-state index in [9.17, 15) is 14.4 Å². The molecule has 1 atom stereocenters. The number of hydrogen-bond donors (Lipinski definition) is 0. The highest BCUT2D eigenvalue weighted by Gasteiger charge is 2.79. The van der Waals surface area contributed by atoms with E-state index in [0.717, 1.165) is 0 Å². The molecule has 0 N–H and O–H groups in total. The van der Waals surface area contributed by atoms with Gasteiger partial charge in [-0.15, -0.1) is 0 Å². The zero-order valence-corrected chi connectivity index (χ0v) is 16.0. The van der Waals surface area contributed by atoms with E-state index < -0.39 is 29.5 Å². The van der Waals surface area contributed by atoms with E-state index in [1.54, 1.807) is 24.3 Å². The van der Waals surface area contributed by atoms with Gasteiger partial charge in [-0.3, -0.25) is 0 Å². The summed E-state index contributed by atoms with van der Waals surface area (Å²) in [5.41, 5.74) is -1.40. The average Bonchev–Trinajstić information content (AvgIpc) is 3.41. The van der Waals surface area contributed by atoms with Gasteiger partial charge in [-0.25, -0.2) is 14.4 Å². The SMILES string of the molecule is CCCOC(=O)C1(C(=O)OCCC)C(C(=O)OC)N1c1ccc(OC)cc1. The van der Waals surface area contributed by atoms with Gasteiger partial charge < -0.3 is 23.8 Å². The maximum absolute atomic E-state index is 12.8. The lowest BCUT2D eigenvalue weighted by molar-refractivity contribution is -0.161. The second kappa shape index (κ2) is 8.75. The number of esters is 3. The van der Waals surface area contributed by atoms with Crippen LogP contribution in [-0.2, 0) is 28.6 Å². The Morgan fingerprint density at radius 2 is 1.48 bits per heavy atom. The maximum Gasteiger partial charge on any atom is 0.346 e. The van der Waals surface area contributed by atoms with Gasteiger partial charge in [-0.1, -0.05) is 13.8 Å². The third kappa shape index (κ3) is 3.70. The minimum atomic E-state index is -1.88. The first-order valence-corrected chi connectivity index (χ1v) is 8.84. The van der Waals surface area contributed by atoms with E-state index in [1.165, 1.54) is 19.1 Å². The first-order valence-electron chi connectivity index (χ1n) is 8.84. The molecular weight excluding hydrogens is 354 g/mol. The van der Waals surface area contributed by atoms with Crippen LogP contribution in [0.5, 0.6) is 5.75 Å². The molecule has 8 nitrogen and oxygen atoms in total. The Kier molecular flexibility index (Phi) is 6.65. The number of methoxy groups -OCH3 is 2. The molecule has 1 unspecified atom stereocenters. The molecule has 0 spiro atoms. The van der Waals surface area contributed by atoms with Crippen molar-refractivity contribution < 1.29 is 33.3 Å². The Balaban J connectivity index is 2.46. The molecule has 0 radical (unpaired) electrons. The van der Waals surface area contributed by atoms with E-state index in [0.29, 0.717) is 24.3 Å². The molecule has 27 heavy (non-hydrogen) atoms. The fourth-order valence-corrected chi connectivity index (χ4v) is 2.89. The lowest BCUT2D eigenvalue weighted by Crippen LogP contribution is -2.43. The quantitative estimate of drug-likeness (QED) is 0.277. The lowest BCUT2D eigenvalue weighted by atomic mass is 10.1. The Morgan fingerprint density at radius 1 is 0.963 bits per heavy atom. The fraction of sp³-hybridized carbons (Fsp3) is 0.526. The molecule has 1 aliphatic rings. The van der Waals surface area contributed by atoms with Crippen molar-refractivity contribution in [1.29, 1.82) is 0 Å². The van der Waals surface area contributed by atoms with Crippen molar-refractivity contribution in [2.75, 3.05) is 32.3 Å². The topological polar surface area (TPSA) is 91.1 Å². The van der Waals surface area contributed by atoms with Crippen molar-refractivity contribution in [2.24, 2.45) is 0 Å². The molecule has 0 aliphatic carbocycles. The number of hydrogen-bond acceptors (Lipinski definition) is 8. The molecule has 1 saturated heterocycles. The van der Waals surface area contributed by atoms with Gasteiger partial charge in [0.1, 0.15) is 5.75 Å². The van der Waals surface area contributed by atoms with E-state index in [4.69, 9.17) is 18.9 Å². The molecule has 1 aliphatic heterocycles. The van der Waals surface area contributed by atoms with E-state index in [1.807, 2.05) is 13.8 Å². The summed E-state index contributed by atoms with van der Waals surface area (Å²) in [4.78, 5) is 39.4. The zero-order valence-electron chi connectivity index (χ0n) is 16.0. The van der Waals surface area contributed by atoms with Crippen LogP contribution in [0.2, 0.25) is 0 Å². The highest BCUT2D eigenvalue weighted by atomic mass is 16.6. The first kappa shape index (κ1) is 20.5. The van der Waals surface area contributed by atoms with Crippen molar-refractivity contribution in [3.63, 3.8) is 0 Å². The summed E-state index contributed by atoms with van der Waals surface area (Å²) >= 11 is 0. The molecule has 0 aromatic heterocycles. The molecule has 1 fully saturated rings. The van der Waals surface area contributed by atoms with Crippen LogP contribution in [0, 0.1) is 0 Å². The van der Waals surface area contributed by atoms with Crippen molar-refractivity contribution in [3.05, 3.63) is 24.3 Å². The third-order valence-corrected chi connectivity index (χ3v) is 4.24. The summed E-state index contributed by atoms with van der Waals surface area (Å²) in [5.74, 6) is -1.76. The van der Waals surface area contributed by atoms with Crippen LogP contribution >= 0.6 is 0 Å². The second-order valence-electron chi connectivity index (χ2n) is 6.03. The van der Waals surface area contributed by atoms with Crippen molar-refractivity contribution in [3.8, 4) is 5.75 Å². The average molecular weight is 379 g/mol. The van der Waals surface area contributed by atoms with Crippen LogP contribution in [0.4, 0.5) is 5.69 Å². The number of benzene rings is 1. The van der Waals surface area contributed by atoms with E-state index in [2.05, 4.69) is 0 Å². The van der Waals surface area contributed by atoms with E-state index in [-0.39, 0.29) is 13.2 Å². The molecule has 1 aromatic rings. The fourth-order valence-electron chi connectivity index (χ4n) is 2.89. The molecule has 1 aromatic carbocycles. The van der Waals surface area contributed by atoms with Gasteiger partial charge in [-0.2, -0.15) is 0 Å². The number of nitrogens with zero attached hydrogens (tertiary/aromatic N) is 1. The summed E-state index contributed by atoms with van der Waals surface area (Å²) in [7, 11) is 2.73. The van der Waals surface area contributed by atoms with Crippen molar-refractivity contribution in [2.45, 2.75) is 38.3 Å². The smallest absolute Gasteiger partial charge is 0.346 e. The summed E-state index contributed by atoms with van der Waals surface area (Å²) in [6, 6.07) is 5.49. The monoisotopic (exact) mass is 379 g/mol. The van der Waals surface area contributed by atoms with Gasteiger partial charge in [0, 0.05) is 5.69 Å². The summed E-state index contributed by atoms with van der Waals surface area (Å²) in [6.07, 6.45) is 1.16. The highest BCUT2D eigenvalue weighted by Crippen LogP contribution is 2.48. The molecule has 0 saturated carbocycles. The van der Waals surface area contributed by atoms with E-state index >= 15 is 0 Å². The van der Waals surface area contributed by atoms with Crippen LogP contribution in [0.1, 0.15) is 26.7 Å². The molecule has 1 heterocycles. The van der Waals surface area contributed by atoms with Gasteiger partial charge in [0.15, 0.2) is 6.04 Å². The highest BCUT2D eigenvalue weighted by molar-refractivity contribution is 6.21. The maximum atomic E-state index is 12.8. The van der Waals surface area contributed by atoms with Gasteiger partial charge in [0.2, 0.25) is 0 Å². The predicted octanol–water partition coefficient (Wildman–Crippen LogP) is 1.70. The van der Waals surface area contributed by atoms with Gasteiger partial charge in [0.25, 0.3) is 5.54 Å². The standard InChI is InChI=1S/C19H25NO7/c1-5-11-26-17(22)19(18(23)27-12-6-2)15(16(21)25-4)20(19)13-7-9-14(24-3)10-8-13/h7-10,15H,5-6,11-12H2,1-4H3. The number of ether oxygens (including phenoxy) is 4. The Morgan fingerprint density at radius 3 is 1.89 bits per heavy atom. The molecular formula is C19H25NO7. The van der Waals surface area contributed by atoms with Crippen LogP contribution < -0.4 is 9.64 Å². The molecule has 2 rings (SSSR count). The number of carbonyl (C=O) groups is 3. The molecule has 0 bridgehead atoms. The number of rotatable bonds is 9. The van der Waals surface area contributed by atoms with Crippen LogP contribution in [-0.4, -0.2) is 56.9 Å². The lowest BCUT2D eigenvalue weighted by Gasteiger charge is -2.16. The second-order valence-corrected chi connectivity index (χ2v) is 6.03. The first-order chi connectivity index (χ1) is 13.0. The molecule has 8 heteroatoms. The Hall–Kier alpha value is -2.77. The normalized spacial score (nSPS) is 17.0. The largest absolute Gasteiger partial charge is 0.497 e. The minimum absolute atomic E-state index is 0.131. The summed E-state index contributed by atoms with van der Waals surface area (Å²) < 4.78 is 20.4. The Bertz CT molecular complexity index is 666. The van der Waals surface area contributed by atoms with Crippen LogP contribution in [0.3, 0.4) is 0 Å². The van der Waals surface area contributed by atoms with Gasteiger partial charge in [-0.05, 0) is 37.1 Å². The van der Waals surface area contributed by atoms with Crippen LogP contribution in [0.15, 0.2) is 24.3 Å². The Labute approximate surface area is 158 Å². The van der Waals surface area contributed by atoms with Crippen LogP contribution in [0.25, 0.3) is 0 Å². The van der Waals surface area contributed by atoms with Gasteiger partial charge >= 0.3 is 17.9 Å². The molecule has 0 amide bonds. The van der Waals surface area contributed by atoms with Crippen molar-refractivity contribution in [1.82, 2.24) is 0 Å². The number of anilines is 1. The van der Waals surface area contributed by atoms with Gasteiger partial charge in [0.05, 0.1) is 27.4 Å². The van der Waals surface area contributed by atoms with Crippen molar-refractivity contribution >= 4 is 23.6 Å². The zero-order chi connectivity index (χ0) is 20.0. The third-order valence-electron chi connectivity index (χ3n) is 4.24. The summed E-state index contributed by atoms with van der Waals surface area (Å²) in [5, 5.41) is 0. The number of carbonyl (C=O) groups excluding carboxylic acids is 3. The molecule has 148 valence electrons. The minimum Gasteiger partial charge on any atom is -0.497 e. The summed E-state index contributed by atoms with van der Waals surface area (Å²) in [6.45, 7) is 3.93.